The minimum absolute atomic E-state index is 0.250. The van der Waals surface area contributed by atoms with Crippen LogP contribution in [0.25, 0.3) is 0 Å². The van der Waals surface area contributed by atoms with E-state index in [0.29, 0.717) is 87.2 Å². The number of ether oxygens (including phenoxy) is 6. The molecule has 3 aliphatic rings. The summed E-state index contributed by atoms with van der Waals surface area (Å²) in [5, 5.41) is 21.2. The summed E-state index contributed by atoms with van der Waals surface area (Å²) in [6.45, 7) is 17.8. The average molecular weight is 1180 g/mol. The fraction of sp³-hybridized carbons (Fsp3) is 0.403. The van der Waals surface area contributed by atoms with Crippen molar-refractivity contribution in [2.24, 2.45) is 11.7 Å². The van der Waals surface area contributed by atoms with Gasteiger partial charge in [-0.25, -0.2) is 14.4 Å². The van der Waals surface area contributed by atoms with Crippen molar-refractivity contribution in [2.45, 2.75) is 105 Å². The largest absolute Gasteiger partial charge is 0.462 e. The molecule has 460 valence electrons. The zero-order chi connectivity index (χ0) is 63.3. The van der Waals surface area contributed by atoms with Gasteiger partial charge in [-0.15, -0.1) is 0 Å². The predicted octanol–water partition coefficient (Wildman–Crippen LogP) is 4.86. The lowest BCUT2D eigenvalue weighted by atomic mass is 9.73. The van der Waals surface area contributed by atoms with Crippen LogP contribution < -0.4 is 22.1 Å². The molecule has 0 aliphatic heterocycles. The summed E-state index contributed by atoms with van der Waals surface area (Å²) in [5.74, 6) is -4.07. The molecule has 23 nitrogen and oxygen atoms in total. The summed E-state index contributed by atoms with van der Waals surface area (Å²) in [5.41, 5.74) is 16.5. The van der Waals surface area contributed by atoms with Crippen LogP contribution in [0.5, 0.6) is 0 Å². The highest BCUT2D eigenvalue weighted by Gasteiger charge is 2.51. The van der Waals surface area contributed by atoms with Gasteiger partial charge in [0.15, 0.2) is 18.3 Å². The molecule has 6 atom stereocenters. The van der Waals surface area contributed by atoms with Crippen LogP contribution >= 0.6 is 0 Å². The predicted molar refractivity (Wildman–Crippen MR) is 315 cm³/mol. The van der Waals surface area contributed by atoms with Crippen LogP contribution in [-0.2, 0) is 76.7 Å². The Morgan fingerprint density at radius 2 is 0.824 bits per heavy atom. The molecule has 8 N–H and O–H groups in total. The molecule has 0 saturated heterocycles. The first-order valence-corrected chi connectivity index (χ1v) is 27.7. The fourth-order valence-corrected chi connectivity index (χ4v) is 7.57. The van der Waals surface area contributed by atoms with E-state index in [4.69, 9.17) is 50.1 Å². The normalized spacial score (nSPS) is 17.7. The van der Waals surface area contributed by atoms with Crippen molar-refractivity contribution in [3.8, 4) is 0 Å². The highest BCUT2D eigenvalue weighted by molar-refractivity contribution is 6.49. The Morgan fingerprint density at radius 1 is 0.459 bits per heavy atom. The molecule has 8 rings (SSSR count). The lowest BCUT2D eigenvalue weighted by Gasteiger charge is -2.34. The number of aromatic nitrogens is 2. The molecule has 0 amide bonds. The number of aliphatic hydroxyl groups is 2. The smallest absolute Gasteiger partial charge is 0.338 e. The van der Waals surface area contributed by atoms with Crippen LogP contribution in [0.2, 0.25) is 0 Å². The molecule has 6 unspecified atom stereocenters. The maximum atomic E-state index is 12.0. The standard InChI is InChI=1S/C20H20N2O4.C15H17NO5.C9H11NO2.C8H12O4.C6H8N2.2C2H6O/c1-2-26-20(25)15-5-3-13(4-6-15)11-16-17(19(24)18(16)23)22-12-14-7-9-21-10-8-14;1-3-20-14-11(12(17)13(14)18)16-10-7-5-9(6-8-10)15(19)21-4-2;1-2-12-9(11)7-3-5-8(10)6-4-7;1-3-11-7-5(9)6(10)8(7)12-4-2;7-5-6-1-3-8-4-2-6;2*1-2-3/h3-10,16-17,22H,2,11-12H2,1H3;5-8,11,14,16H,3-4H2,1-2H3;3-6H,2,10H2,1H3;7-8H,3-4H2,1-2H3;1-4H,5,7H2;2*3H,2H2,1H3. The Hall–Kier alpha value is -8.29. The number of benzene rings is 3. The molecule has 0 bridgehead atoms. The zero-order valence-electron chi connectivity index (χ0n) is 49.4. The number of carbonyl (C=O) groups excluding carboxylic acids is 9. The van der Waals surface area contributed by atoms with E-state index in [1.54, 1.807) is 153 Å². The van der Waals surface area contributed by atoms with Gasteiger partial charge in [0.2, 0.25) is 34.7 Å². The van der Waals surface area contributed by atoms with Gasteiger partial charge in [-0.2, -0.15) is 0 Å². The highest BCUT2D eigenvalue weighted by Crippen LogP contribution is 2.26. The van der Waals surface area contributed by atoms with Gasteiger partial charge >= 0.3 is 17.9 Å². The molecule has 5 aromatic rings. The fourth-order valence-electron chi connectivity index (χ4n) is 7.57. The van der Waals surface area contributed by atoms with Crippen LogP contribution in [0.15, 0.2) is 122 Å². The molecule has 0 radical (unpaired) electrons. The van der Waals surface area contributed by atoms with Crippen LogP contribution in [0.4, 0.5) is 11.4 Å². The first-order chi connectivity index (χ1) is 40.9. The van der Waals surface area contributed by atoms with E-state index in [9.17, 15) is 43.2 Å². The van der Waals surface area contributed by atoms with Crippen molar-refractivity contribution < 1.29 is 81.8 Å². The third-order valence-electron chi connectivity index (χ3n) is 11.7. The molecule has 3 aliphatic carbocycles. The van der Waals surface area contributed by atoms with Crippen LogP contribution in [-0.4, -0.2) is 156 Å². The van der Waals surface area contributed by atoms with Gasteiger partial charge in [0.1, 0.15) is 6.04 Å². The Bertz CT molecular complexity index is 2820. The zero-order valence-corrected chi connectivity index (χ0v) is 49.4. The van der Waals surface area contributed by atoms with E-state index in [0.717, 1.165) is 16.7 Å². The van der Waals surface area contributed by atoms with E-state index >= 15 is 0 Å². The molecule has 3 saturated carbocycles. The van der Waals surface area contributed by atoms with Crippen molar-refractivity contribution in [3.63, 3.8) is 0 Å². The number of pyridine rings is 2. The van der Waals surface area contributed by atoms with Crippen molar-refractivity contribution in [1.29, 1.82) is 0 Å². The SMILES string of the molecule is CCO.CCO.CCOC(=O)c1ccc(CC2C(=O)C(=O)C2NCc2ccncc2)cc1.CCOC(=O)c1ccc(N)cc1.CCOC(=O)c1ccc(NC2C(=O)C(=O)C2OCC)cc1.CCOC1C(=O)C(=O)C1OCC.NCc1ccncc1. The number of nitrogens with two attached hydrogens (primary N) is 2. The number of esters is 3. The van der Waals surface area contributed by atoms with Gasteiger partial charge in [0.05, 0.1) is 48.5 Å². The van der Waals surface area contributed by atoms with Crippen molar-refractivity contribution in [3.05, 3.63) is 155 Å². The van der Waals surface area contributed by atoms with E-state index in [2.05, 4.69) is 20.6 Å². The summed E-state index contributed by atoms with van der Waals surface area (Å²) in [4.78, 5) is 111. The number of rotatable bonds is 20. The second-order valence-corrected chi connectivity index (χ2v) is 17.7. The maximum Gasteiger partial charge on any atom is 0.338 e. The number of nitrogen functional groups attached to an aromatic ring is 1. The van der Waals surface area contributed by atoms with Gasteiger partial charge < -0.3 is 60.7 Å². The number of hydrogen-bond acceptors (Lipinski definition) is 23. The van der Waals surface area contributed by atoms with Crippen molar-refractivity contribution in [2.75, 3.05) is 63.9 Å². The topological polar surface area (TPSA) is 351 Å². The number of nitrogens with zero attached hydrogens (tertiary/aromatic N) is 2. The number of anilines is 2. The Morgan fingerprint density at radius 3 is 1.21 bits per heavy atom. The van der Waals surface area contributed by atoms with Gasteiger partial charge in [0, 0.05) is 82.3 Å². The van der Waals surface area contributed by atoms with E-state index < -0.39 is 59.5 Å². The monoisotopic (exact) mass is 1180 g/mol. The van der Waals surface area contributed by atoms with Gasteiger partial charge in [-0.1, -0.05) is 12.1 Å². The summed E-state index contributed by atoms with van der Waals surface area (Å²) in [6.07, 6.45) is 5.28. The molecule has 85 heavy (non-hydrogen) atoms. The summed E-state index contributed by atoms with van der Waals surface area (Å²) in [6, 6.07) is 26.5. The first-order valence-electron chi connectivity index (χ1n) is 27.7. The Kier molecular flexibility index (Phi) is 35.0. The minimum Gasteiger partial charge on any atom is -0.462 e. The number of Topliss-reactive ketones (excluding diaryl/α,β-unsaturated/α-hetero) is 6. The Labute approximate surface area is 495 Å². The summed E-state index contributed by atoms with van der Waals surface area (Å²) >= 11 is 0. The van der Waals surface area contributed by atoms with Crippen molar-refractivity contribution >= 4 is 64.0 Å². The van der Waals surface area contributed by atoms with Gasteiger partial charge in [0.25, 0.3) is 0 Å². The lowest BCUT2D eigenvalue weighted by molar-refractivity contribution is -0.175. The molecule has 0 spiro atoms. The summed E-state index contributed by atoms with van der Waals surface area (Å²) in [7, 11) is 0. The molecule has 2 heterocycles. The summed E-state index contributed by atoms with van der Waals surface area (Å²) < 4.78 is 29.9. The molecule has 2 aromatic heterocycles. The Balaban J connectivity index is 0.000000373. The third kappa shape index (κ3) is 24.1. The quantitative estimate of drug-likeness (QED) is 0.0262. The second-order valence-electron chi connectivity index (χ2n) is 17.7. The number of nitrogens with one attached hydrogen (secondary N) is 2. The molecular formula is C62H80N6O17. The van der Waals surface area contributed by atoms with Gasteiger partial charge in [-0.3, -0.25) is 38.7 Å². The second kappa shape index (κ2) is 40.8. The lowest BCUT2D eigenvalue weighted by Crippen LogP contribution is -2.62. The third-order valence-corrected chi connectivity index (χ3v) is 11.7. The molecule has 23 heteroatoms. The number of hydrogen-bond donors (Lipinski definition) is 6. The number of aliphatic hydroxyl groups excluding tert-OH is 2. The van der Waals surface area contributed by atoms with E-state index in [-0.39, 0.29) is 42.6 Å². The first kappa shape index (κ1) is 72.8. The van der Waals surface area contributed by atoms with E-state index in [1.165, 1.54) is 0 Å². The van der Waals surface area contributed by atoms with Crippen molar-refractivity contribution in [1.82, 2.24) is 15.3 Å². The van der Waals surface area contributed by atoms with Crippen LogP contribution in [0, 0.1) is 5.92 Å². The number of carbonyl (C=O) groups is 9. The highest BCUT2D eigenvalue weighted by atomic mass is 16.6. The average Bonchev–Trinajstić information content (AvgIpc) is 2.49. The van der Waals surface area contributed by atoms with Crippen LogP contribution in [0.3, 0.4) is 0 Å². The minimum atomic E-state index is -0.729. The maximum absolute atomic E-state index is 12.0. The number of ketones is 6. The van der Waals surface area contributed by atoms with Crippen LogP contribution in [0.1, 0.15) is 103 Å². The molecular weight excluding hydrogens is 1100 g/mol. The molecule has 3 fully saturated rings. The molecule has 3 aromatic carbocycles. The van der Waals surface area contributed by atoms with Gasteiger partial charge in [-0.05, 0) is 163 Å². The van der Waals surface area contributed by atoms with E-state index in [1.807, 2.05) is 24.3 Å².